The van der Waals surface area contributed by atoms with Crippen molar-refractivity contribution in [1.82, 2.24) is 5.32 Å². The third-order valence-electron chi connectivity index (χ3n) is 4.39. The van der Waals surface area contributed by atoms with E-state index in [1.165, 1.54) is 0 Å². The summed E-state index contributed by atoms with van der Waals surface area (Å²) < 4.78 is 32.7. The van der Waals surface area contributed by atoms with Gasteiger partial charge in [-0.05, 0) is 31.7 Å². The first-order valence-corrected chi connectivity index (χ1v) is 7.40. The maximum atomic E-state index is 13.6. The SMILES string of the molecule is CCC1(CC)CC(NCc2cccc(F)c2F)CCO1. The minimum Gasteiger partial charge on any atom is -0.375 e. The lowest BCUT2D eigenvalue weighted by molar-refractivity contribution is -0.0932. The van der Waals surface area contributed by atoms with Gasteiger partial charge >= 0.3 is 0 Å². The van der Waals surface area contributed by atoms with Gasteiger partial charge in [-0.15, -0.1) is 0 Å². The molecule has 0 spiro atoms. The Morgan fingerprint density at radius 3 is 2.75 bits per heavy atom. The fourth-order valence-electron chi connectivity index (χ4n) is 2.88. The van der Waals surface area contributed by atoms with Crippen molar-refractivity contribution in [3.63, 3.8) is 0 Å². The fraction of sp³-hybridized carbons (Fsp3) is 0.625. The van der Waals surface area contributed by atoms with E-state index in [0.717, 1.165) is 38.4 Å². The van der Waals surface area contributed by atoms with Gasteiger partial charge in [-0.2, -0.15) is 0 Å². The highest BCUT2D eigenvalue weighted by Crippen LogP contribution is 2.31. The minimum atomic E-state index is -0.784. The molecule has 0 aliphatic carbocycles. The van der Waals surface area contributed by atoms with Gasteiger partial charge in [0, 0.05) is 24.8 Å². The second-order valence-corrected chi connectivity index (χ2v) is 5.52. The molecule has 1 atom stereocenters. The Hall–Kier alpha value is -1.00. The number of ether oxygens (including phenoxy) is 1. The van der Waals surface area contributed by atoms with Gasteiger partial charge in [0.1, 0.15) is 0 Å². The monoisotopic (exact) mass is 283 g/mol. The van der Waals surface area contributed by atoms with Crippen molar-refractivity contribution in [2.45, 2.75) is 57.7 Å². The summed E-state index contributed by atoms with van der Waals surface area (Å²) >= 11 is 0. The summed E-state index contributed by atoms with van der Waals surface area (Å²) in [5.74, 6) is -1.53. The molecule has 1 aliphatic rings. The molecule has 1 heterocycles. The van der Waals surface area contributed by atoms with Crippen LogP contribution >= 0.6 is 0 Å². The standard InChI is InChI=1S/C16H23F2NO/c1-3-16(4-2)10-13(8-9-20-16)19-11-12-6-5-7-14(17)15(12)18/h5-7,13,19H,3-4,8-11H2,1-2H3. The van der Waals surface area contributed by atoms with Gasteiger partial charge < -0.3 is 10.1 Å². The molecule has 1 aliphatic heterocycles. The van der Waals surface area contributed by atoms with Crippen molar-refractivity contribution in [1.29, 1.82) is 0 Å². The van der Waals surface area contributed by atoms with Crippen LogP contribution in [-0.2, 0) is 11.3 Å². The van der Waals surface area contributed by atoms with E-state index in [2.05, 4.69) is 19.2 Å². The Morgan fingerprint density at radius 2 is 2.05 bits per heavy atom. The molecule has 1 aromatic rings. The van der Waals surface area contributed by atoms with E-state index >= 15 is 0 Å². The summed E-state index contributed by atoms with van der Waals surface area (Å²) in [5, 5.41) is 3.34. The van der Waals surface area contributed by atoms with E-state index in [1.807, 2.05) is 0 Å². The third kappa shape index (κ3) is 3.36. The molecule has 1 fully saturated rings. The minimum absolute atomic E-state index is 0.0591. The second-order valence-electron chi connectivity index (χ2n) is 5.52. The molecule has 112 valence electrons. The topological polar surface area (TPSA) is 21.3 Å². The van der Waals surface area contributed by atoms with Crippen LogP contribution in [0.1, 0.15) is 45.1 Å². The quantitative estimate of drug-likeness (QED) is 0.887. The van der Waals surface area contributed by atoms with Crippen LogP contribution in [0, 0.1) is 11.6 Å². The molecule has 4 heteroatoms. The second kappa shape index (κ2) is 6.64. The van der Waals surface area contributed by atoms with Crippen LogP contribution in [0.3, 0.4) is 0 Å². The number of benzene rings is 1. The number of nitrogens with one attached hydrogen (secondary N) is 1. The first-order valence-electron chi connectivity index (χ1n) is 7.40. The Labute approximate surface area is 119 Å². The van der Waals surface area contributed by atoms with E-state index in [4.69, 9.17) is 4.74 Å². The molecule has 20 heavy (non-hydrogen) atoms. The fourth-order valence-corrected chi connectivity index (χ4v) is 2.88. The molecule has 0 radical (unpaired) electrons. The summed E-state index contributed by atoms with van der Waals surface area (Å²) in [6.07, 6.45) is 3.81. The van der Waals surface area contributed by atoms with Crippen molar-refractivity contribution in [3.8, 4) is 0 Å². The normalized spacial score (nSPS) is 21.9. The van der Waals surface area contributed by atoms with Crippen LogP contribution in [-0.4, -0.2) is 18.2 Å². The lowest BCUT2D eigenvalue weighted by atomic mass is 9.86. The highest BCUT2D eigenvalue weighted by atomic mass is 19.2. The van der Waals surface area contributed by atoms with E-state index in [1.54, 1.807) is 12.1 Å². The van der Waals surface area contributed by atoms with Crippen LogP contribution < -0.4 is 5.32 Å². The van der Waals surface area contributed by atoms with Gasteiger partial charge in [-0.3, -0.25) is 0 Å². The first kappa shape index (κ1) is 15.4. The van der Waals surface area contributed by atoms with Gasteiger partial charge in [0.15, 0.2) is 11.6 Å². The van der Waals surface area contributed by atoms with Gasteiger partial charge in [-0.1, -0.05) is 26.0 Å². The molecule has 1 N–H and O–H groups in total. The summed E-state index contributed by atoms with van der Waals surface area (Å²) in [7, 11) is 0. The smallest absolute Gasteiger partial charge is 0.163 e. The predicted octanol–water partition coefficient (Wildman–Crippen LogP) is 3.79. The molecule has 2 nitrogen and oxygen atoms in total. The summed E-state index contributed by atoms with van der Waals surface area (Å²) in [6.45, 7) is 5.36. The van der Waals surface area contributed by atoms with Gasteiger partial charge in [0.05, 0.1) is 5.60 Å². The highest BCUT2D eigenvalue weighted by Gasteiger charge is 2.34. The molecule has 0 saturated carbocycles. The van der Waals surface area contributed by atoms with Gasteiger partial charge in [0.25, 0.3) is 0 Å². The van der Waals surface area contributed by atoms with E-state index < -0.39 is 11.6 Å². The van der Waals surface area contributed by atoms with Crippen molar-refractivity contribution < 1.29 is 13.5 Å². The lowest BCUT2D eigenvalue weighted by Gasteiger charge is -2.40. The van der Waals surface area contributed by atoms with Crippen LogP contribution in [0.4, 0.5) is 8.78 Å². The van der Waals surface area contributed by atoms with Crippen molar-refractivity contribution in [3.05, 3.63) is 35.4 Å². The Bertz CT molecular complexity index is 446. The van der Waals surface area contributed by atoms with Crippen molar-refractivity contribution in [2.24, 2.45) is 0 Å². The van der Waals surface area contributed by atoms with E-state index in [9.17, 15) is 8.78 Å². The Kier molecular flexibility index (Phi) is 5.11. The maximum Gasteiger partial charge on any atom is 0.163 e. The zero-order valence-corrected chi connectivity index (χ0v) is 12.2. The van der Waals surface area contributed by atoms with Crippen molar-refractivity contribution >= 4 is 0 Å². The molecular weight excluding hydrogens is 260 g/mol. The number of halogens is 2. The van der Waals surface area contributed by atoms with Gasteiger partial charge in [-0.25, -0.2) is 8.78 Å². The first-order chi connectivity index (χ1) is 9.60. The van der Waals surface area contributed by atoms with E-state index in [0.29, 0.717) is 18.2 Å². The van der Waals surface area contributed by atoms with E-state index in [-0.39, 0.29) is 5.60 Å². The molecule has 0 bridgehead atoms. The molecule has 2 rings (SSSR count). The Balaban J connectivity index is 1.95. The van der Waals surface area contributed by atoms with Crippen molar-refractivity contribution in [2.75, 3.05) is 6.61 Å². The average Bonchev–Trinajstić information content (AvgIpc) is 2.49. The molecule has 1 unspecified atom stereocenters. The molecule has 0 aromatic heterocycles. The average molecular weight is 283 g/mol. The highest BCUT2D eigenvalue weighted by molar-refractivity contribution is 5.18. The lowest BCUT2D eigenvalue weighted by Crippen LogP contribution is -2.46. The summed E-state index contributed by atoms with van der Waals surface area (Å²) in [6, 6.07) is 4.61. The van der Waals surface area contributed by atoms with Crippen LogP contribution in [0.2, 0.25) is 0 Å². The third-order valence-corrected chi connectivity index (χ3v) is 4.39. The summed E-state index contributed by atoms with van der Waals surface area (Å²) in [5.41, 5.74) is 0.325. The molecule has 1 aromatic carbocycles. The zero-order chi connectivity index (χ0) is 14.6. The van der Waals surface area contributed by atoms with Crippen LogP contribution in [0.25, 0.3) is 0 Å². The van der Waals surface area contributed by atoms with Gasteiger partial charge in [0.2, 0.25) is 0 Å². The molecule has 1 saturated heterocycles. The maximum absolute atomic E-state index is 13.6. The summed E-state index contributed by atoms with van der Waals surface area (Å²) in [4.78, 5) is 0. The zero-order valence-electron chi connectivity index (χ0n) is 12.2. The largest absolute Gasteiger partial charge is 0.375 e. The number of hydrogen-bond acceptors (Lipinski definition) is 2. The number of hydrogen-bond donors (Lipinski definition) is 1. The van der Waals surface area contributed by atoms with Crippen LogP contribution in [0.15, 0.2) is 18.2 Å². The van der Waals surface area contributed by atoms with Crippen LogP contribution in [0.5, 0.6) is 0 Å². The predicted molar refractivity (Wildman–Crippen MR) is 75.5 cm³/mol. The Morgan fingerprint density at radius 1 is 1.30 bits per heavy atom. The molecule has 0 amide bonds. The molecular formula is C16H23F2NO. The number of rotatable bonds is 5.